The van der Waals surface area contributed by atoms with Crippen molar-refractivity contribution in [2.75, 3.05) is 0 Å². The Morgan fingerprint density at radius 2 is 2.13 bits per heavy atom. The lowest BCUT2D eigenvalue weighted by molar-refractivity contribution is 0.112. The Morgan fingerprint density at radius 1 is 1.47 bits per heavy atom. The average Bonchev–Trinajstić information content (AvgIpc) is 2.23. The van der Waals surface area contributed by atoms with Crippen molar-refractivity contribution in [1.29, 1.82) is 0 Å². The van der Waals surface area contributed by atoms with Crippen LogP contribution in [-0.2, 0) is 6.42 Å². The standard InChI is InChI=1S/C12H16BrFO/c1-3-11(15)8(2)7-9-5-4-6-10(14)12(9)13/h4-6,8,11,15H,3,7H2,1-2H3. The third-order valence-electron chi connectivity index (χ3n) is 2.65. The molecule has 3 heteroatoms. The van der Waals surface area contributed by atoms with Crippen LogP contribution < -0.4 is 0 Å². The fourth-order valence-electron chi connectivity index (χ4n) is 1.59. The minimum atomic E-state index is -0.319. The Hall–Kier alpha value is -0.410. The van der Waals surface area contributed by atoms with Crippen LogP contribution in [0, 0.1) is 11.7 Å². The van der Waals surface area contributed by atoms with Gasteiger partial charge in [0.05, 0.1) is 10.6 Å². The molecule has 0 aliphatic carbocycles. The van der Waals surface area contributed by atoms with Crippen LogP contribution in [0.4, 0.5) is 4.39 Å². The van der Waals surface area contributed by atoms with E-state index in [1.165, 1.54) is 6.07 Å². The molecular weight excluding hydrogens is 259 g/mol. The largest absolute Gasteiger partial charge is 0.393 e. The summed E-state index contributed by atoms with van der Waals surface area (Å²) in [7, 11) is 0. The van der Waals surface area contributed by atoms with Crippen molar-refractivity contribution in [3.8, 4) is 0 Å². The molecule has 0 fully saturated rings. The molecule has 1 N–H and O–H groups in total. The zero-order chi connectivity index (χ0) is 11.4. The number of benzene rings is 1. The Kier molecular flexibility index (Phi) is 4.74. The van der Waals surface area contributed by atoms with Gasteiger partial charge in [0.25, 0.3) is 0 Å². The van der Waals surface area contributed by atoms with E-state index in [4.69, 9.17) is 0 Å². The van der Waals surface area contributed by atoms with E-state index < -0.39 is 0 Å². The third-order valence-corrected chi connectivity index (χ3v) is 3.54. The minimum Gasteiger partial charge on any atom is -0.393 e. The summed E-state index contributed by atoms with van der Waals surface area (Å²) in [5, 5.41) is 9.64. The maximum atomic E-state index is 13.2. The quantitative estimate of drug-likeness (QED) is 0.891. The summed E-state index contributed by atoms with van der Waals surface area (Å²) in [6.07, 6.45) is 1.10. The Balaban J connectivity index is 2.76. The second-order valence-corrected chi connectivity index (χ2v) is 4.66. The smallest absolute Gasteiger partial charge is 0.137 e. The van der Waals surface area contributed by atoms with Crippen LogP contribution in [0.3, 0.4) is 0 Å². The molecule has 0 radical (unpaired) electrons. The molecule has 84 valence electrons. The maximum Gasteiger partial charge on any atom is 0.137 e. The van der Waals surface area contributed by atoms with E-state index in [-0.39, 0.29) is 17.8 Å². The van der Waals surface area contributed by atoms with Gasteiger partial charge in [-0.15, -0.1) is 0 Å². The molecule has 1 aromatic rings. The summed E-state index contributed by atoms with van der Waals surface area (Å²) in [4.78, 5) is 0. The van der Waals surface area contributed by atoms with Gasteiger partial charge in [0.1, 0.15) is 5.82 Å². The zero-order valence-corrected chi connectivity index (χ0v) is 10.6. The van der Waals surface area contributed by atoms with Crippen molar-refractivity contribution < 1.29 is 9.50 Å². The van der Waals surface area contributed by atoms with Crippen LogP contribution in [0.1, 0.15) is 25.8 Å². The predicted octanol–water partition coefficient (Wildman–Crippen LogP) is 3.54. The van der Waals surface area contributed by atoms with Crippen molar-refractivity contribution in [3.05, 3.63) is 34.1 Å². The predicted molar refractivity (Wildman–Crippen MR) is 63.3 cm³/mol. The highest BCUT2D eigenvalue weighted by Crippen LogP contribution is 2.24. The van der Waals surface area contributed by atoms with Crippen LogP contribution in [0.5, 0.6) is 0 Å². The van der Waals surface area contributed by atoms with E-state index in [9.17, 15) is 9.50 Å². The van der Waals surface area contributed by atoms with Crippen LogP contribution in [0.25, 0.3) is 0 Å². The number of rotatable bonds is 4. The molecule has 2 atom stereocenters. The Labute approximate surface area is 98.4 Å². The lowest BCUT2D eigenvalue weighted by Gasteiger charge is -2.17. The fraction of sp³-hybridized carbons (Fsp3) is 0.500. The highest BCUT2D eigenvalue weighted by molar-refractivity contribution is 9.10. The molecule has 0 saturated heterocycles. The number of aliphatic hydroxyl groups excluding tert-OH is 1. The topological polar surface area (TPSA) is 20.2 Å². The fourth-order valence-corrected chi connectivity index (χ4v) is 2.02. The summed E-state index contributed by atoms with van der Waals surface area (Å²) in [5.74, 6) is -0.0983. The minimum absolute atomic E-state index is 0.146. The normalized spacial score (nSPS) is 15.0. The molecule has 15 heavy (non-hydrogen) atoms. The van der Waals surface area contributed by atoms with Gasteiger partial charge in [-0.3, -0.25) is 0 Å². The highest BCUT2D eigenvalue weighted by atomic mass is 79.9. The van der Waals surface area contributed by atoms with Gasteiger partial charge >= 0.3 is 0 Å². The second-order valence-electron chi connectivity index (χ2n) is 3.87. The van der Waals surface area contributed by atoms with E-state index >= 15 is 0 Å². The first kappa shape index (κ1) is 12.7. The average molecular weight is 275 g/mol. The van der Waals surface area contributed by atoms with Crippen molar-refractivity contribution in [3.63, 3.8) is 0 Å². The van der Waals surface area contributed by atoms with Crippen molar-refractivity contribution in [2.45, 2.75) is 32.8 Å². The number of hydrogen-bond donors (Lipinski definition) is 1. The Bertz CT molecular complexity index is 327. The van der Waals surface area contributed by atoms with Gasteiger partial charge in [-0.25, -0.2) is 4.39 Å². The monoisotopic (exact) mass is 274 g/mol. The molecule has 1 rings (SSSR count). The molecule has 0 bridgehead atoms. The van der Waals surface area contributed by atoms with Crippen LogP contribution >= 0.6 is 15.9 Å². The first-order valence-corrected chi connectivity index (χ1v) is 5.96. The van der Waals surface area contributed by atoms with Crippen LogP contribution in [0.2, 0.25) is 0 Å². The molecule has 1 nitrogen and oxygen atoms in total. The Morgan fingerprint density at radius 3 is 2.73 bits per heavy atom. The van der Waals surface area contributed by atoms with Gasteiger partial charge in [-0.2, -0.15) is 0 Å². The molecule has 0 aliphatic rings. The number of aliphatic hydroxyl groups is 1. The molecular formula is C12H16BrFO. The van der Waals surface area contributed by atoms with Crippen molar-refractivity contribution >= 4 is 15.9 Å². The van der Waals surface area contributed by atoms with Gasteiger partial charge in [0.15, 0.2) is 0 Å². The summed E-state index contributed by atoms with van der Waals surface area (Å²) in [5.41, 5.74) is 0.912. The zero-order valence-electron chi connectivity index (χ0n) is 9.00. The van der Waals surface area contributed by atoms with Crippen molar-refractivity contribution in [1.82, 2.24) is 0 Å². The molecule has 0 amide bonds. The van der Waals surface area contributed by atoms with E-state index in [0.717, 1.165) is 12.0 Å². The van der Waals surface area contributed by atoms with E-state index in [1.54, 1.807) is 6.07 Å². The molecule has 0 heterocycles. The molecule has 0 aliphatic heterocycles. The SMILES string of the molecule is CCC(O)C(C)Cc1cccc(F)c1Br. The lowest BCUT2D eigenvalue weighted by Crippen LogP contribution is -2.18. The maximum absolute atomic E-state index is 13.2. The van der Waals surface area contributed by atoms with Gasteiger partial charge in [-0.05, 0) is 46.3 Å². The molecule has 0 spiro atoms. The molecule has 0 aromatic heterocycles. The summed E-state index contributed by atoms with van der Waals surface area (Å²) in [6.45, 7) is 3.92. The summed E-state index contributed by atoms with van der Waals surface area (Å²) in [6, 6.07) is 5.00. The van der Waals surface area contributed by atoms with Crippen LogP contribution in [0.15, 0.2) is 22.7 Å². The van der Waals surface area contributed by atoms with E-state index in [0.29, 0.717) is 10.9 Å². The summed E-state index contributed by atoms with van der Waals surface area (Å²) < 4.78 is 13.7. The second kappa shape index (κ2) is 5.61. The van der Waals surface area contributed by atoms with Gasteiger partial charge in [0.2, 0.25) is 0 Å². The highest BCUT2D eigenvalue weighted by Gasteiger charge is 2.15. The van der Waals surface area contributed by atoms with Crippen LogP contribution in [-0.4, -0.2) is 11.2 Å². The first-order chi connectivity index (χ1) is 7.06. The first-order valence-electron chi connectivity index (χ1n) is 5.17. The van der Waals surface area contributed by atoms with E-state index in [1.807, 2.05) is 19.9 Å². The lowest BCUT2D eigenvalue weighted by atomic mass is 9.94. The number of hydrogen-bond acceptors (Lipinski definition) is 1. The number of halogens is 2. The molecule has 1 aromatic carbocycles. The van der Waals surface area contributed by atoms with Gasteiger partial charge < -0.3 is 5.11 Å². The van der Waals surface area contributed by atoms with E-state index in [2.05, 4.69) is 15.9 Å². The molecule has 0 saturated carbocycles. The summed E-state index contributed by atoms with van der Waals surface area (Å²) >= 11 is 3.22. The van der Waals surface area contributed by atoms with Gasteiger partial charge in [-0.1, -0.05) is 26.0 Å². The third kappa shape index (κ3) is 3.28. The van der Waals surface area contributed by atoms with Crippen molar-refractivity contribution in [2.24, 2.45) is 5.92 Å². The molecule has 2 unspecified atom stereocenters. The van der Waals surface area contributed by atoms with Gasteiger partial charge in [0, 0.05) is 0 Å².